The van der Waals surface area contributed by atoms with Crippen LogP contribution in [0.1, 0.15) is 26.2 Å². The van der Waals surface area contributed by atoms with Crippen molar-refractivity contribution in [3.63, 3.8) is 0 Å². The Morgan fingerprint density at radius 3 is 2.78 bits per heavy atom. The highest BCUT2D eigenvalue weighted by Gasteiger charge is 2.17. The summed E-state index contributed by atoms with van der Waals surface area (Å²) in [6.07, 6.45) is 4.54. The van der Waals surface area contributed by atoms with E-state index in [1.807, 2.05) is 24.3 Å². The number of H-pyrrole nitrogens is 1. The number of aromatic amines is 1. The van der Waals surface area contributed by atoms with Crippen LogP contribution in [0.2, 0.25) is 0 Å². The smallest absolute Gasteiger partial charge is 0.242 e. The Morgan fingerprint density at radius 1 is 1.22 bits per heavy atom. The number of aromatic nitrogens is 1. The van der Waals surface area contributed by atoms with E-state index in [2.05, 4.69) is 16.6 Å². The monoisotopic (exact) mass is 266 g/mol. The summed E-state index contributed by atoms with van der Waals surface area (Å²) in [5.41, 5.74) is 0.839. The summed E-state index contributed by atoms with van der Waals surface area (Å²) in [7, 11) is -3.41. The van der Waals surface area contributed by atoms with Gasteiger partial charge in [-0.2, -0.15) is 0 Å². The van der Waals surface area contributed by atoms with Crippen molar-refractivity contribution in [3.05, 3.63) is 30.5 Å². The molecule has 0 fully saturated rings. The molecule has 18 heavy (non-hydrogen) atoms. The average Bonchev–Trinajstić information content (AvgIpc) is 2.79. The van der Waals surface area contributed by atoms with E-state index in [0.29, 0.717) is 11.4 Å². The summed E-state index contributed by atoms with van der Waals surface area (Å²) in [5.74, 6) is 0. The van der Waals surface area contributed by atoms with Crippen LogP contribution in [0.15, 0.2) is 35.4 Å². The fourth-order valence-corrected chi connectivity index (χ4v) is 3.18. The first-order valence-electron chi connectivity index (χ1n) is 6.21. The van der Waals surface area contributed by atoms with E-state index in [9.17, 15) is 8.42 Å². The van der Waals surface area contributed by atoms with Crippen molar-refractivity contribution < 1.29 is 8.42 Å². The maximum atomic E-state index is 12.1. The van der Waals surface area contributed by atoms with Gasteiger partial charge in [-0.3, -0.25) is 0 Å². The van der Waals surface area contributed by atoms with Crippen LogP contribution in [0.25, 0.3) is 10.9 Å². The van der Waals surface area contributed by atoms with Crippen LogP contribution in [0.4, 0.5) is 0 Å². The number of rotatable bonds is 6. The van der Waals surface area contributed by atoms with Crippen LogP contribution >= 0.6 is 0 Å². The van der Waals surface area contributed by atoms with Crippen LogP contribution in [-0.2, 0) is 10.0 Å². The molecule has 98 valence electrons. The van der Waals surface area contributed by atoms with Crippen LogP contribution in [0.5, 0.6) is 0 Å². The summed E-state index contributed by atoms with van der Waals surface area (Å²) in [5, 5.41) is 0.737. The minimum absolute atomic E-state index is 0.328. The average molecular weight is 266 g/mol. The molecule has 1 heterocycles. The van der Waals surface area contributed by atoms with Gasteiger partial charge in [-0.05, 0) is 12.5 Å². The van der Waals surface area contributed by atoms with Gasteiger partial charge in [0, 0.05) is 23.6 Å². The second-order valence-corrected chi connectivity index (χ2v) is 6.04. The third kappa shape index (κ3) is 2.73. The normalized spacial score (nSPS) is 12.1. The van der Waals surface area contributed by atoms with Crippen molar-refractivity contribution in [2.24, 2.45) is 0 Å². The quantitative estimate of drug-likeness (QED) is 0.789. The number of sulfonamides is 1. The van der Waals surface area contributed by atoms with Crippen molar-refractivity contribution in [1.82, 2.24) is 9.71 Å². The number of benzene rings is 1. The van der Waals surface area contributed by atoms with E-state index in [-0.39, 0.29) is 0 Å². The van der Waals surface area contributed by atoms with Crippen molar-refractivity contribution in [1.29, 1.82) is 0 Å². The summed E-state index contributed by atoms with van der Waals surface area (Å²) in [6, 6.07) is 7.40. The predicted octanol–water partition coefficient (Wildman–Crippen LogP) is 2.64. The Kier molecular flexibility index (Phi) is 4.04. The Balaban J connectivity index is 2.19. The second-order valence-electron chi connectivity index (χ2n) is 4.30. The first kappa shape index (κ1) is 13.1. The number of para-hydroxylation sites is 1. The van der Waals surface area contributed by atoms with Gasteiger partial charge < -0.3 is 4.98 Å². The molecule has 0 aliphatic heterocycles. The number of hydrogen-bond acceptors (Lipinski definition) is 2. The lowest BCUT2D eigenvalue weighted by Crippen LogP contribution is -2.24. The highest BCUT2D eigenvalue weighted by molar-refractivity contribution is 7.89. The Labute approximate surface area is 107 Å². The van der Waals surface area contributed by atoms with Gasteiger partial charge >= 0.3 is 0 Å². The van der Waals surface area contributed by atoms with E-state index in [1.165, 1.54) is 0 Å². The molecular weight excluding hydrogens is 248 g/mol. The van der Waals surface area contributed by atoms with Crippen LogP contribution in [0.3, 0.4) is 0 Å². The van der Waals surface area contributed by atoms with Crippen LogP contribution in [0, 0.1) is 0 Å². The van der Waals surface area contributed by atoms with E-state index in [1.54, 1.807) is 6.20 Å². The van der Waals surface area contributed by atoms with E-state index >= 15 is 0 Å². The predicted molar refractivity (Wildman–Crippen MR) is 73.0 cm³/mol. The van der Waals surface area contributed by atoms with Gasteiger partial charge in [0.1, 0.15) is 4.90 Å². The molecule has 0 amide bonds. The molecular formula is C13H18N2O2S. The van der Waals surface area contributed by atoms with E-state index in [0.717, 1.165) is 30.2 Å². The van der Waals surface area contributed by atoms with Crippen LogP contribution in [-0.4, -0.2) is 19.9 Å². The van der Waals surface area contributed by atoms with Gasteiger partial charge in [0.2, 0.25) is 10.0 Å². The van der Waals surface area contributed by atoms with E-state index < -0.39 is 10.0 Å². The zero-order valence-electron chi connectivity index (χ0n) is 10.4. The summed E-state index contributed by atoms with van der Waals surface area (Å²) in [4.78, 5) is 3.31. The molecule has 2 aromatic rings. The van der Waals surface area contributed by atoms with E-state index in [4.69, 9.17) is 0 Å². The molecule has 1 aromatic heterocycles. The number of nitrogens with one attached hydrogen (secondary N) is 2. The first-order valence-corrected chi connectivity index (χ1v) is 7.69. The number of fused-ring (bicyclic) bond motifs is 1. The Hall–Kier alpha value is -1.33. The Bertz CT molecular complexity index is 617. The standard InChI is InChI=1S/C13H18N2O2S/c1-2-3-6-9-15-18(16,17)13-10-14-12-8-5-4-7-11(12)13/h4-5,7-8,10,14-15H,2-3,6,9H2,1H3. The van der Waals surface area contributed by atoms with Gasteiger partial charge in [0.05, 0.1) is 0 Å². The lowest BCUT2D eigenvalue weighted by molar-refractivity contribution is 0.577. The van der Waals surface area contributed by atoms with Gasteiger partial charge in [-0.1, -0.05) is 38.0 Å². The minimum atomic E-state index is -3.41. The number of unbranched alkanes of at least 4 members (excludes halogenated alkanes) is 2. The molecule has 4 nitrogen and oxygen atoms in total. The van der Waals surface area contributed by atoms with Crippen molar-refractivity contribution in [2.45, 2.75) is 31.1 Å². The van der Waals surface area contributed by atoms with Gasteiger partial charge in [0.25, 0.3) is 0 Å². The summed E-state index contributed by atoms with van der Waals surface area (Å²) in [6.45, 7) is 2.59. The lowest BCUT2D eigenvalue weighted by atomic mass is 10.2. The molecule has 0 bridgehead atoms. The Morgan fingerprint density at radius 2 is 2.00 bits per heavy atom. The molecule has 0 radical (unpaired) electrons. The van der Waals surface area contributed by atoms with Crippen LogP contribution < -0.4 is 4.72 Å². The number of hydrogen-bond donors (Lipinski definition) is 2. The summed E-state index contributed by atoms with van der Waals surface area (Å²) >= 11 is 0. The van der Waals surface area contributed by atoms with Crippen molar-refractivity contribution in [3.8, 4) is 0 Å². The maximum absolute atomic E-state index is 12.1. The fourth-order valence-electron chi connectivity index (χ4n) is 1.93. The SMILES string of the molecule is CCCCCNS(=O)(=O)c1c[nH]c2ccccc12. The second kappa shape index (κ2) is 5.54. The van der Waals surface area contributed by atoms with Crippen molar-refractivity contribution in [2.75, 3.05) is 6.54 Å². The molecule has 0 aliphatic carbocycles. The molecule has 0 atom stereocenters. The topological polar surface area (TPSA) is 62.0 Å². The highest BCUT2D eigenvalue weighted by atomic mass is 32.2. The third-order valence-corrected chi connectivity index (χ3v) is 4.41. The zero-order valence-corrected chi connectivity index (χ0v) is 11.3. The minimum Gasteiger partial charge on any atom is -0.360 e. The third-order valence-electron chi connectivity index (χ3n) is 2.91. The molecule has 0 aliphatic rings. The van der Waals surface area contributed by atoms with Gasteiger partial charge in [0.15, 0.2) is 0 Å². The molecule has 0 saturated heterocycles. The zero-order chi connectivity index (χ0) is 13.0. The highest BCUT2D eigenvalue weighted by Crippen LogP contribution is 2.21. The molecule has 2 N–H and O–H groups in total. The summed E-state index contributed by atoms with van der Waals surface area (Å²) < 4.78 is 26.9. The first-order chi connectivity index (χ1) is 8.65. The lowest BCUT2D eigenvalue weighted by Gasteiger charge is -2.05. The fraction of sp³-hybridized carbons (Fsp3) is 0.385. The van der Waals surface area contributed by atoms with Crippen molar-refractivity contribution >= 4 is 20.9 Å². The molecule has 5 heteroatoms. The molecule has 0 spiro atoms. The maximum Gasteiger partial charge on any atom is 0.242 e. The molecule has 0 unspecified atom stereocenters. The molecule has 0 saturated carbocycles. The van der Waals surface area contributed by atoms with Gasteiger partial charge in [-0.15, -0.1) is 0 Å². The van der Waals surface area contributed by atoms with Gasteiger partial charge in [-0.25, -0.2) is 13.1 Å². The molecule has 2 rings (SSSR count). The largest absolute Gasteiger partial charge is 0.360 e. The molecule has 1 aromatic carbocycles.